The van der Waals surface area contributed by atoms with E-state index in [1.807, 2.05) is 0 Å². The lowest BCUT2D eigenvalue weighted by Gasteiger charge is -2.34. The summed E-state index contributed by atoms with van der Waals surface area (Å²) in [6, 6.07) is 9.46. The largest absolute Gasteiger partial charge is 0.357 e. The van der Waals surface area contributed by atoms with E-state index in [1.54, 1.807) is 0 Å². The molecular formula is C22H36IN5. The summed E-state index contributed by atoms with van der Waals surface area (Å²) in [7, 11) is 0. The molecule has 28 heavy (non-hydrogen) atoms. The van der Waals surface area contributed by atoms with Crippen LogP contribution in [0.2, 0.25) is 0 Å². The molecule has 1 aromatic carbocycles. The minimum atomic E-state index is 0. The molecule has 6 heteroatoms. The Morgan fingerprint density at radius 1 is 0.964 bits per heavy atom. The highest BCUT2D eigenvalue weighted by Crippen LogP contribution is 2.12. The number of likely N-dealkylation sites (N-methyl/N-ethyl adjacent to an activating group) is 1. The second kappa shape index (κ2) is 12.4. The smallest absolute Gasteiger partial charge is 0.191 e. The van der Waals surface area contributed by atoms with Gasteiger partial charge >= 0.3 is 0 Å². The molecule has 5 nitrogen and oxygen atoms in total. The van der Waals surface area contributed by atoms with Crippen molar-refractivity contribution in [3.63, 3.8) is 0 Å². The Labute approximate surface area is 187 Å². The second-order valence-corrected chi connectivity index (χ2v) is 7.51. The van der Waals surface area contributed by atoms with Crippen LogP contribution in [0, 0.1) is 0 Å². The Morgan fingerprint density at radius 2 is 1.57 bits per heavy atom. The normalized spacial score (nSPS) is 18.9. The third kappa shape index (κ3) is 7.37. The number of halogens is 1. The number of hydrogen-bond donors (Lipinski definition) is 2. The first-order valence-corrected chi connectivity index (χ1v) is 10.5. The van der Waals surface area contributed by atoms with Crippen molar-refractivity contribution in [1.29, 1.82) is 0 Å². The molecule has 0 aromatic heterocycles. The Hall–Kier alpha value is -1.12. The van der Waals surface area contributed by atoms with E-state index in [9.17, 15) is 0 Å². The molecule has 2 N–H and O–H groups in total. The van der Waals surface area contributed by atoms with E-state index in [0.29, 0.717) is 12.6 Å². The van der Waals surface area contributed by atoms with Crippen LogP contribution in [0.1, 0.15) is 37.8 Å². The lowest BCUT2D eigenvalue weighted by molar-refractivity contribution is 0.132. The Morgan fingerprint density at radius 3 is 2.18 bits per heavy atom. The van der Waals surface area contributed by atoms with E-state index in [1.165, 1.54) is 43.9 Å². The number of rotatable bonds is 7. The average Bonchev–Trinajstić information content (AvgIpc) is 3.21. The van der Waals surface area contributed by atoms with Gasteiger partial charge in [0, 0.05) is 45.3 Å². The van der Waals surface area contributed by atoms with Crippen molar-refractivity contribution in [2.75, 3.05) is 39.3 Å². The lowest BCUT2D eigenvalue weighted by Crippen LogP contribution is -2.45. The van der Waals surface area contributed by atoms with Gasteiger partial charge in [0.15, 0.2) is 5.96 Å². The molecular weight excluding hydrogens is 461 g/mol. The fraction of sp³-hybridized carbons (Fsp3) is 0.591. The fourth-order valence-electron chi connectivity index (χ4n) is 3.69. The highest BCUT2D eigenvalue weighted by molar-refractivity contribution is 14.0. The van der Waals surface area contributed by atoms with Crippen molar-refractivity contribution < 1.29 is 0 Å². The van der Waals surface area contributed by atoms with Crippen LogP contribution >= 0.6 is 24.0 Å². The number of nitrogens with zero attached hydrogens (tertiary/aromatic N) is 3. The van der Waals surface area contributed by atoms with Crippen molar-refractivity contribution in [3.8, 4) is 0 Å². The predicted molar refractivity (Wildman–Crippen MR) is 129 cm³/mol. The minimum absolute atomic E-state index is 0. The molecule has 1 aliphatic carbocycles. The molecule has 1 fully saturated rings. The second-order valence-electron chi connectivity index (χ2n) is 7.51. The van der Waals surface area contributed by atoms with Crippen LogP contribution in [0.3, 0.4) is 0 Å². The van der Waals surface area contributed by atoms with Crippen molar-refractivity contribution in [2.45, 2.75) is 45.8 Å². The van der Waals surface area contributed by atoms with Crippen molar-refractivity contribution in [1.82, 2.24) is 20.4 Å². The number of nitrogens with one attached hydrogen (secondary N) is 2. The van der Waals surface area contributed by atoms with Gasteiger partial charge in [-0.1, -0.05) is 43.3 Å². The van der Waals surface area contributed by atoms with Crippen LogP contribution in [0.25, 0.3) is 0 Å². The summed E-state index contributed by atoms with van der Waals surface area (Å²) >= 11 is 0. The van der Waals surface area contributed by atoms with Gasteiger partial charge in [0.2, 0.25) is 0 Å². The van der Waals surface area contributed by atoms with Crippen LogP contribution in [-0.2, 0) is 13.1 Å². The quantitative estimate of drug-likeness (QED) is 0.263. The topological polar surface area (TPSA) is 42.9 Å². The Kier molecular flexibility index (Phi) is 10.3. The van der Waals surface area contributed by atoms with Gasteiger partial charge in [-0.2, -0.15) is 0 Å². The lowest BCUT2D eigenvalue weighted by atomic mass is 10.1. The number of piperazine rings is 1. The van der Waals surface area contributed by atoms with E-state index < -0.39 is 0 Å². The van der Waals surface area contributed by atoms with Gasteiger partial charge in [-0.05, 0) is 37.4 Å². The summed E-state index contributed by atoms with van der Waals surface area (Å²) < 4.78 is 0. The molecule has 156 valence electrons. The van der Waals surface area contributed by atoms with Gasteiger partial charge in [0.25, 0.3) is 0 Å². The molecule has 0 radical (unpaired) electrons. The third-order valence-electron chi connectivity index (χ3n) is 5.45. The minimum Gasteiger partial charge on any atom is -0.357 e. The number of benzene rings is 1. The molecule has 0 spiro atoms. The summed E-state index contributed by atoms with van der Waals surface area (Å²) in [4.78, 5) is 9.84. The standard InChI is InChI=1S/C22H35N5.HI/c1-3-23-22(25-21-7-5-6-8-21)24-17-19-9-11-20(12-10-19)18-27-15-13-26(4-2)14-16-27;/h5-6,9-12,21H,3-4,7-8,13-18H2,1-2H3,(H2,23,24,25);1H. The zero-order valence-corrected chi connectivity index (χ0v) is 19.7. The SMILES string of the molecule is CCNC(=NCc1ccc(CN2CCN(CC)CC2)cc1)NC1CC=CC1.I. The molecule has 0 atom stereocenters. The van der Waals surface area contributed by atoms with Crippen LogP contribution in [-0.4, -0.2) is 61.1 Å². The fourth-order valence-corrected chi connectivity index (χ4v) is 3.69. The van der Waals surface area contributed by atoms with Crippen LogP contribution in [0.5, 0.6) is 0 Å². The third-order valence-corrected chi connectivity index (χ3v) is 5.45. The molecule has 1 heterocycles. The summed E-state index contributed by atoms with van der Waals surface area (Å²) in [6.45, 7) is 12.9. The molecule has 0 saturated carbocycles. The molecule has 1 aliphatic heterocycles. The summed E-state index contributed by atoms with van der Waals surface area (Å²) in [5.41, 5.74) is 2.66. The van der Waals surface area contributed by atoms with Crippen molar-refractivity contribution >= 4 is 29.9 Å². The molecule has 0 bridgehead atoms. The Balaban J connectivity index is 0.00000280. The number of hydrogen-bond acceptors (Lipinski definition) is 3. The van der Waals surface area contributed by atoms with Gasteiger partial charge in [-0.15, -0.1) is 24.0 Å². The molecule has 0 unspecified atom stereocenters. The van der Waals surface area contributed by atoms with Gasteiger partial charge in [-0.25, -0.2) is 4.99 Å². The zero-order chi connectivity index (χ0) is 18.9. The number of aliphatic imine (C=N–C) groups is 1. The number of guanidine groups is 1. The van der Waals surface area contributed by atoms with Gasteiger partial charge in [-0.3, -0.25) is 4.90 Å². The maximum atomic E-state index is 4.76. The maximum absolute atomic E-state index is 4.76. The van der Waals surface area contributed by atoms with Crippen LogP contribution in [0.15, 0.2) is 41.4 Å². The first kappa shape index (κ1) is 23.2. The summed E-state index contributed by atoms with van der Waals surface area (Å²) in [6.07, 6.45) is 6.65. The molecule has 2 aliphatic rings. The molecule has 0 amide bonds. The molecule has 3 rings (SSSR count). The van der Waals surface area contributed by atoms with E-state index in [0.717, 1.165) is 31.9 Å². The Bertz CT molecular complexity index is 612. The van der Waals surface area contributed by atoms with Gasteiger partial charge < -0.3 is 15.5 Å². The van der Waals surface area contributed by atoms with E-state index in [4.69, 9.17) is 4.99 Å². The highest BCUT2D eigenvalue weighted by Gasteiger charge is 2.15. The summed E-state index contributed by atoms with van der Waals surface area (Å²) in [5.74, 6) is 0.920. The van der Waals surface area contributed by atoms with E-state index >= 15 is 0 Å². The monoisotopic (exact) mass is 497 g/mol. The first-order chi connectivity index (χ1) is 13.3. The van der Waals surface area contributed by atoms with Crippen LogP contribution in [0.4, 0.5) is 0 Å². The van der Waals surface area contributed by atoms with Crippen molar-refractivity contribution in [3.05, 3.63) is 47.5 Å². The van der Waals surface area contributed by atoms with Crippen LogP contribution < -0.4 is 10.6 Å². The summed E-state index contributed by atoms with van der Waals surface area (Å²) in [5, 5.41) is 6.88. The van der Waals surface area contributed by atoms with Crippen molar-refractivity contribution in [2.24, 2.45) is 4.99 Å². The zero-order valence-electron chi connectivity index (χ0n) is 17.4. The predicted octanol–water partition coefficient (Wildman–Crippen LogP) is 3.22. The van der Waals surface area contributed by atoms with E-state index in [-0.39, 0.29) is 24.0 Å². The maximum Gasteiger partial charge on any atom is 0.191 e. The first-order valence-electron chi connectivity index (χ1n) is 10.5. The molecule has 1 saturated heterocycles. The van der Waals surface area contributed by atoms with Gasteiger partial charge in [0.1, 0.15) is 0 Å². The average molecular weight is 497 g/mol. The highest BCUT2D eigenvalue weighted by atomic mass is 127. The van der Waals surface area contributed by atoms with E-state index in [2.05, 4.69) is 70.7 Å². The van der Waals surface area contributed by atoms with Gasteiger partial charge in [0.05, 0.1) is 6.54 Å². The molecule has 1 aromatic rings.